The van der Waals surface area contributed by atoms with Gasteiger partial charge in [-0.1, -0.05) is 12.1 Å². The molecule has 2 aromatic rings. The first-order valence-corrected chi connectivity index (χ1v) is 8.69. The van der Waals surface area contributed by atoms with Gasteiger partial charge in [-0.3, -0.25) is 20.6 Å². The number of hydrogen-bond donors (Lipinski definition) is 2. The molecule has 2 fully saturated rings. The van der Waals surface area contributed by atoms with Crippen molar-refractivity contribution < 1.29 is 9.18 Å². The Morgan fingerprint density at radius 2 is 2.00 bits per heavy atom. The first-order chi connectivity index (χ1) is 12.3. The monoisotopic (exact) mass is 340 g/mol. The minimum absolute atomic E-state index is 0.0419. The van der Waals surface area contributed by atoms with Gasteiger partial charge in [-0.25, -0.2) is 4.39 Å². The van der Waals surface area contributed by atoms with E-state index in [2.05, 4.69) is 15.8 Å². The molecule has 2 saturated heterocycles. The minimum Gasteiger partial charge on any atom is -0.334 e. The molecule has 6 heteroatoms. The molecule has 3 atom stereocenters. The second-order valence-corrected chi connectivity index (χ2v) is 6.63. The number of aromatic nitrogens is 1. The van der Waals surface area contributed by atoms with Crippen molar-refractivity contribution in [1.82, 2.24) is 20.7 Å². The summed E-state index contributed by atoms with van der Waals surface area (Å²) in [4.78, 5) is 18.8. The van der Waals surface area contributed by atoms with Crippen molar-refractivity contribution in [2.75, 3.05) is 13.1 Å². The normalized spacial score (nSPS) is 26.1. The van der Waals surface area contributed by atoms with Crippen molar-refractivity contribution in [3.63, 3.8) is 0 Å². The summed E-state index contributed by atoms with van der Waals surface area (Å²) in [5.74, 6) is -0.425. The maximum Gasteiger partial charge on any atom is 0.257 e. The molecule has 0 spiro atoms. The van der Waals surface area contributed by atoms with Crippen LogP contribution in [0.1, 0.15) is 34.7 Å². The molecular weight excluding hydrogens is 319 g/mol. The molecular formula is C19H21FN4O. The number of rotatable bonds is 3. The molecule has 4 rings (SSSR count). The molecule has 0 radical (unpaired) electrons. The van der Waals surface area contributed by atoms with Crippen LogP contribution in [0.4, 0.5) is 4.39 Å². The zero-order valence-electron chi connectivity index (χ0n) is 13.9. The van der Waals surface area contributed by atoms with Gasteiger partial charge in [0.05, 0.1) is 5.56 Å². The van der Waals surface area contributed by atoms with Crippen LogP contribution in [0.15, 0.2) is 48.8 Å². The third-order valence-electron chi connectivity index (χ3n) is 5.24. The van der Waals surface area contributed by atoms with Gasteiger partial charge in [0.2, 0.25) is 0 Å². The highest BCUT2D eigenvalue weighted by Crippen LogP contribution is 2.32. The third kappa shape index (κ3) is 3.03. The summed E-state index contributed by atoms with van der Waals surface area (Å²) in [6.45, 7) is 1.46. The standard InChI is InChI=1S/C19H21FN4O/c20-16-5-2-1-4-14(16)19(25)24-11-3-6-17(24)18-15(12-22-23-18)13-7-9-21-10-8-13/h1-2,4-5,7-10,15,17-18,22-23H,3,6,11-12H2. The van der Waals surface area contributed by atoms with Crippen LogP contribution in [0.25, 0.3) is 0 Å². The van der Waals surface area contributed by atoms with Crippen LogP contribution in [0.5, 0.6) is 0 Å². The van der Waals surface area contributed by atoms with Gasteiger partial charge in [-0.15, -0.1) is 0 Å². The molecule has 2 aliphatic heterocycles. The highest BCUT2D eigenvalue weighted by molar-refractivity contribution is 5.95. The van der Waals surface area contributed by atoms with Crippen molar-refractivity contribution in [1.29, 1.82) is 0 Å². The molecule has 2 N–H and O–H groups in total. The van der Waals surface area contributed by atoms with Gasteiger partial charge in [0.15, 0.2) is 0 Å². The number of amides is 1. The summed E-state index contributed by atoms with van der Waals surface area (Å²) >= 11 is 0. The smallest absolute Gasteiger partial charge is 0.257 e. The minimum atomic E-state index is -0.457. The Balaban J connectivity index is 1.59. The number of benzene rings is 1. The predicted molar refractivity (Wildman–Crippen MR) is 92.4 cm³/mol. The van der Waals surface area contributed by atoms with E-state index in [-0.39, 0.29) is 29.5 Å². The lowest BCUT2D eigenvalue weighted by Crippen LogP contribution is -2.50. The molecule has 25 heavy (non-hydrogen) atoms. The lowest BCUT2D eigenvalue weighted by Gasteiger charge is -2.32. The summed E-state index contributed by atoms with van der Waals surface area (Å²) in [7, 11) is 0. The highest BCUT2D eigenvalue weighted by Gasteiger charge is 2.42. The molecule has 1 amide bonds. The van der Waals surface area contributed by atoms with Crippen LogP contribution in [0, 0.1) is 5.82 Å². The molecule has 1 aromatic carbocycles. The maximum atomic E-state index is 14.1. The average Bonchev–Trinajstić information content (AvgIpc) is 3.31. The van der Waals surface area contributed by atoms with Gasteiger partial charge < -0.3 is 4.90 Å². The Bertz CT molecular complexity index is 754. The fourth-order valence-corrected chi connectivity index (χ4v) is 4.02. The van der Waals surface area contributed by atoms with Crippen LogP contribution in [-0.2, 0) is 0 Å². The zero-order valence-corrected chi connectivity index (χ0v) is 13.9. The van der Waals surface area contributed by atoms with Crippen LogP contribution in [0.3, 0.4) is 0 Å². The zero-order chi connectivity index (χ0) is 17.2. The lowest BCUT2D eigenvalue weighted by atomic mass is 9.88. The summed E-state index contributed by atoms with van der Waals surface area (Å²) in [5, 5.41) is 0. The Morgan fingerprint density at radius 3 is 2.80 bits per heavy atom. The topological polar surface area (TPSA) is 57.3 Å². The average molecular weight is 340 g/mol. The summed E-state index contributed by atoms with van der Waals surface area (Å²) < 4.78 is 14.1. The molecule has 0 aliphatic carbocycles. The number of halogens is 1. The quantitative estimate of drug-likeness (QED) is 0.898. The van der Waals surface area contributed by atoms with Crippen molar-refractivity contribution in [3.8, 4) is 0 Å². The van der Waals surface area contributed by atoms with Crippen LogP contribution >= 0.6 is 0 Å². The van der Waals surface area contributed by atoms with E-state index in [4.69, 9.17) is 0 Å². The molecule has 5 nitrogen and oxygen atoms in total. The number of likely N-dealkylation sites (tertiary alicyclic amines) is 1. The fourth-order valence-electron chi connectivity index (χ4n) is 4.02. The van der Waals surface area contributed by atoms with Crippen molar-refractivity contribution >= 4 is 5.91 Å². The van der Waals surface area contributed by atoms with Crippen LogP contribution < -0.4 is 10.9 Å². The molecule has 3 unspecified atom stereocenters. The molecule has 130 valence electrons. The molecule has 1 aromatic heterocycles. The number of nitrogens with zero attached hydrogens (tertiary/aromatic N) is 2. The van der Waals surface area contributed by atoms with E-state index >= 15 is 0 Å². The maximum absolute atomic E-state index is 14.1. The second-order valence-electron chi connectivity index (χ2n) is 6.63. The first-order valence-electron chi connectivity index (χ1n) is 8.69. The lowest BCUT2D eigenvalue weighted by molar-refractivity contribution is 0.0700. The van der Waals surface area contributed by atoms with E-state index in [1.165, 1.54) is 11.6 Å². The summed E-state index contributed by atoms with van der Waals surface area (Å²) in [5.41, 5.74) is 7.92. The molecule has 3 heterocycles. The van der Waals surface area contributed by atoms with Gasteiger partial charge in [-0.2, -0.15) is 0 Å². The molecule has 0 bridgehead atoms. The molecule has 0 saturated carbocycles. The molecule has 2 aliphatic rings. The Labute approximate surface area is 146 Å². The van der Waals surface area contributed by atoms with Gasteiger partial charge in [0.1, 0.15) is 5.82 Å². The first kappa shape index (κ1) is 16.2. The van der Waals surface area contributed by atoms with Gasteiger partial charge in [0, 0.05) is 43.5 Å². The number of hydrogen-bond acceptors (Lipinski definition) is 4. The number of nitrogens with one attached hydrogen (secondary N) is 2. The van der Waals surface area contributed by atoms with E-state index < -0.39 is 5.82 Å². The van der Waals surface area contributed by atoms with Crippen LogP contribution in [0.2, 0.25) is 0 Å². The van der Waals surface area contributed by atoms with Gasteiger partial charge in [0.25, 0.3) is 5.91 Å². The Kier molecular flexibility index (Phi) is 4.46. The Hall–Kier alpha value is -2.31. The van der Waals surface area contributed by atoms with E-state index in [0.717, 1.165) is 19.4 Å². The summed E-state index contributed by atoms with van der Waals surface area (Å²) in [6.07, 6.45) is 5.44. The van der Waals surface area contributed by atoms with E-state index in [1.807, 2.05) is 17.0 Å². The number of pyridine rings is 1. The van der Waals surface area contributed by atoms with E-state index in [9.17, 15) is 9.18 Å². The van der Waals surface area contributed by atoms with Crippen molar-refractivity contribution in [3.05, 3.63) is 65.7 Å². The van der Waals surface area contributed by atoms with E-state index in [1.54, 1.807) is 30.6 Å². The van der Waals surface area contributed by atoms with E-state index in [0.29, 0.717) is 6.54 Å². The van der Waals surface area contributed by atoms with Gasteiger partial charge >= 0.3 is 0 Å². The van der Waals surface area contributed by atoms with Crippen LogP contribution in [-0.4, -0.2) is 41.0 Å². The highest BCUT2D eigenvalue weighted by atomic mass is 19.1. The number of carbonyl (C=O) groups excluding carboxylic acids is 1. The predicted octanol–water partition coefficient (Wildman–Crippen LogP) is 2.09. The third-order valence-corrected chi connectivity index (χ3v) is 5.24. The number of carbonyl (C=O) groups is 1. The SMILES string of the molecule is O=C(c1ccccc1F)N1CCCC1C1NNCC1c1ccncc1. The fraction of sp³-hybridized carbons (Fsp3) is 0.368. The Morgan fingerprint density at radius 1 is 1.20 bits per heavy atom. The summed E-state index contributed by atoms with van der Waals surface area (Å²) in [6, 6.07) is 10.4. The van der Waals surface area contributed by atoms with Crippen molar-refractivity contribution in [2.45, 2.75) is 30.8 Å². The number of hydrazine groups is 1. The van der Waals surface area contributed by atoms with Crippen molar-refractivity contribution in [2.24, 2.45) is 0 Å². The largest absolute Gasteiger partial charge is 0.334 e. The second kappa shape index (κ2) is 6.90. The van der Waals surface area contributed by atoms with Gasteiger partial charge in [-0.05, 0) is 42.7 Å².